The van der Waals surface area contributed by atoms with Gasteiger partial charge in [0.25, 0.3) is 0 Å². The number of hydrogen-bond donors (Lipinski definition) is 2. The molecule has 1 aliphatic carbocycles. The highest BCUT2D eigenvalue weighted by atomic mass is 79.9. The molecule has 7 rings (SSSR count). The van der Waals surface area contributed by atoms with Gasteiger partial charge in [-0.15, -0.1) is 0 Å². The monoisotopic (exact) mass is 692 g/mol. The Kier molecular flexibility index (Phi) is 7.11. The maximum atomic E-state index is 13.9. The predicted octanol–water partition coefficient (Wildman–Crippen LogP) is 5.83. The van der Waals surface area contributed by atoms with Crippen LogP contribution in [0.15, 0.2) is 34.8 Å². The Morgan fingerprint density at radius 1 is 1.16 bits per heavy atom. The number of H-pyrrole nitrogens is 1. The highest BCUT2D eigenvalue weighted by Crippen LogP contribution is 2.65. The van der Waals surface area contributed by atoms with Crippen LogP contribution in [-0.4, -0.2) is 81.1 Å². The second-order valence-corrected chi connectivity index (χ2v) is 13.4. The number of urea groups is 1. The summed E-state index contributed by atoms with van der Waals surface area (Å²) < 4.78 is 41.7. The van der Waals surface area contributed by atoms with Crippen molar-refractivity contribution in [3.05, 3.63) is 56.6 Å². The van der Waals surface area contributed by atoms with Gasteiger partial charge >= 0.3 is 12.2 Å². The van der Waals surface area contributed by atoms with E-state index in [1.54, 1.807) is 11.0 Å². The molecule has 2 N–H and O–H groups in total. The Balaban J connectivity index is 1.09. The van der Waals surface area contributed by atoms with Crippen LogP contribution in [0.5, 0.6) is 0 Å². The molecule has 0 spiro atoms. The summed E-state index contributed by atoms with van der Waals surface area (Å²) in [6.45, 7) is -0.341. The average Bonchev–Trinajstić information content (AvgIpc) is 3.62. The summed E-state index contributed by atoms with van der Waals surface area (Å²) in [6.07, 6.45) is -2.64. The molecule has 1 saturated carbocycles. The first-order valence-electron chi connectivity index (χ1n) is 14.6. The number of nitrogens with one attached hydrogen (secondary N) is 2. The summed E-state index contributed by atoms with van der Waals surface area (Å²) in [4.78, 5) is 44.9. The number of hydrogen-bond acceptors (Lipinski definition) is 4. The van der Waals surface area contributed by atoms with Crippen molar-refractivity contribution in [1.29, 1.82) is 0 Å². The van der Waals surface area contributed by atoms with Crippen LogP contribution in [0.4, 0.5) is 23.7 Å². The lowest BCUT2D eigenvalue weighted by molar-refractivity contribution is -0.166. The number of halogens is 5. The third-order valence-corrected chi connectivity index (χ3v) is 10.5. The Morgan fingerprint density at radius 2 is 1.91 bits per heavy atom. The molecule has 1 unspecified atom stereocenters. The first kappa shape index (κ1) is 29.4. The third-order valence-electron chi connectivity index (χ3n) is 9.63. The van der Waals surface area contributed by atoms with Crippen LogP contribution in [0.2, 0.25) is 5.15 Å². The number of amides is 4. The average molecular weight is 694 g/mol. The van der Waals surface area contributed by atoms with Gasteiger partial charge in [-0.2, -0.15) is 18.3 Å². The van der Waals surface area contributed by atoms with Crippen molar-refractivity contribution >= 4 is 62.0 Å². The first-order chi connectivity index (χ1) is 20.9. The third kappa shape index (κ3) is 5.01. The fourth-order valence-corrected chi connectivity index (χ4v) is 8.15. The number of alkyl halides is 3. The van der Waals surface area contributed by atoms with Crippen LogP contribution >= 0.6 is 27.5 Å². The number of anilines is 1. The molecule has 3 aromatic rings. The lowest BCUT2D eigenvalue weighted by atomic mass is 9.91. The maximum Gasteiger partial charge on any atom is 0.406 e. The number of benzene rings is 2. The lowest BCUT2D eigenvalue weighted by Crippen LogP contribution is -2.50. The zero-order valence-electron chi connectivity index (χ0n) is 23.5. The SMILES string of the molecule is O=C(CC12C[C@@H]1c1cc(Br)c3n[nH]c(Cl)c3c1CN(CC(F)(F)F)C2=O)N1CCC(N2CCc3ccccc3NC2=O)CC1. The van der Waals surface area contributed by atoms with Gasteiger partial charge < -0.3 is 20.0 Å². The Hall–Kier alpha value is -3.32. The summed E-state index contributed by atoms with van der Waals surface area (Å²) in [5.74, 6) is -1.34. The van der Waals surface area contributed by atoms with Crippen LogP contribution in [0.1, 0.15) is 48.3 Å². The Morgan fingerprint density at radius 3 is 2.66 bits per heavy atom. The minimum absolute atomic E-state index is 0.0478. The number of nitrogens with zero attached hydrogens (tertiary/aromatic N) is 4. The lowest BCUT2D eigenvalue weighted by Gasteiger charge is -2.38. The molecule has 1 saturated heterocycles. The van der Waals surface area contributed by atoms with Crippen LogP contribution in [0, 0.1) is 5.41 Å². The number of carbonyl (C=O) groups is 3. The maximum absolute atomic E-state index is 13.9. The van der Waals surface area contributed by atoms with Gasteiger partial charge in [-0.1, -0.05) is 29.8 Å². The zero-order chi connectivity index (χ0) is 31.0. The normalized spacial score (nSPS) is 23.9. The van der Waals surface area contributed by atoms with Crippen LogP contribution < -0.4 is 5.32 Å². The van der Waals surface area contributed by atoms with Gasteiger partial charge in [-0.05, 0) is 70.4 Å². The second kappa shape index (κ2) is 10.6. The van der Waals surface area contributed by atoms with Crippen molar-refractivity contribution in [3.63, 3.8) is 0 Å². The van der Waals surface area contributed by atoms with Gasteiger partial charge in [0.1, 0.15) is 17.2 Å². The van der Waals surface area contributed by atoms with Crippen LogP contribution in [0.3, 0.4) is 0 Å². The van der Waals surface area contributed by atoms with E-state index in [9.17, 15) is 27.6 Å². The molecule has 4 amide bonds. The molecule has 4 aliphatic rings. The molecule has 3 aliphatic heterocycles. The highest BCUT2D eigenvalue weighted by Gasteiger charge is 2.65. The molecular formula is C30H29BrClF3N6O3. The van der Waals surface area contributed by atoms with Gasteiger partial charge in [0.2, 0.25) is 11.8 Å². The molecule has 4 heterocycles. The summed E-state index contributed by atoms with van der Waals surface area (Å²) in [6, 6.07) is 9.30. The number of likely N-dealkylation sites (tertiary alicyclic amines) is 1. The highest BCUT2D eigenvalue weighted by molar-refractivity contribution is 9.10. The smallest absolute Gasteiger partial charge is 0.343 e. The van der Waals surface area contributed by atoms with Crippen molar-refractivity contribution in [2.45, 2.75) is 56.8 Å². The van der Waals surface area contributed by atoms with Crippen LogP contribution in [0.25, 0.3) is 10.9 Å². The van der Waals surface area contributed by atoms with E-state index in [2.05, 4.69) is 31.4 Å². The van der Waals surface area contributed by atoms with Crippen LogP contribution in [-0.2, 0) is 22.6 Å². The molecular weight excluding hydrogens is 665 g/mol. The van der Waals surface area contributed by atoms with E-state index < -0.39 is 30.0 Å². The van der Waals surface area contributed by atoms with E-state index >= 15 is 0 Å². The minimum Gasteiger partial charge on any atom is -0.343 e. The topological polar surface area (TPSA) is 102 Å². The molecule has 2 fully saturated rings. The number of fused-ring (bicyclic) bond motifs is 6. The van der Waals surface area contributed by atoms with Crippen molar-refractivity contribution in [3.8, 4) is 0 Å². The van der Waals surface area contributed by atoms with Gasteiger partial charge in [0.05, 0.1) is 5.41 Å². The number of piperidine rings is 1. The Bertz CT molecular complexity index is 1690. The summed E-state index contributed by atoms with van der Waals surface area (Å²) in [5, 5.41) is 10.5. The molecule has 9 nitrogen and oxygen atoms in total. The first-order valence-corrected chi connectivity index (χ1v) is 15.8. The molecule has 232 valence electrons. The standard InChI is InChI=1S/C30H29BrClF3N6O3/c31-21-11-18-19(24-25(21)37-38-26(24)32)14-40(15-30(33,34)35)27(43)29(12-20(18)29)13-23(42)39-8-6-17(7-9-39)41-10-5-16-3-1-2-4-22(16)36-28(41)44/h1-4,11,17,20H,5-10,12-15H2,(H,36,44)(H,37,38)/t20-,29?/m1/s1. The number of aromatic amines is 1. The van der Waals surface area contributed by atoms with E-state index in [1.165, 1.54) is 0 Å². The molecule has 0 radical (unpaired) electrons. The quantitative estimate of drug-likeness (QED) is 0.359. The van der Waals surface area contributed by atoms with Gasteiger partial charge in [-0.25, -0.2) is 4.79 Å². The number of rotatable bonds is 4. The van der Waals surface area contributed by atoms with Crippen molar-refractivity contribution in [2.75, 3.05) is 31.5 Å². The van der Waals surface area contributed by atoms with Gasteiger partial charge in [-0.3, -0.25) is 14.7 Å². The predicted molar refractivity (Wildman–Crippen MR) is 160 cm³/mol. The largest absolute Gasteiger partial charge is 0.406 e. The van der Waals surface area contributed by atoms with Crippen molar-refractivity contribution < 1.29 is 27.6 Å². The number of para-hydroxylation sites is 1. The molecule has 14 heteroatoms. The fourth-order valence-electron chi connectivity index (χ4n) is 7.38. The van der Waals surface area contributed by atoms with E-state index in [4.69, 9.17) is 11.6 Å². The molecule has 1 aromatic heterocycles. The van der Waals surface area contributed by atoms with Gasteiger partial charge in [0.15, 0.2) is 0 Å². The van der Waals surface area contributed by atoms with E-state index in [1.807, 2.05) is 29.2 Å². The van der Waals surface area contributed by atoms with Crippen molar-refractivity contribution in [1.82, 2.24) is 24.9 Å². The van der Waals surface area contributed by atoms with E-state index in [-0.39, 0.29) is 42.5 Å². The molecule has 2 aromatic carbocycles. The second-order valence-electron chi connectivity index (χ2n) is 12.2. The summed E-state index contributed by atoms with van der Waals surface area (Å²) >= 11 is 9.89. The number of carbonyl (C=O) groups excluding carboxylic acids is 3. The van der Waals surface area contributed by atoms with Gasteiger partial charge in [0, 0.05) is 60.1 Å². The summed E-state index contributed by atoms with van der Waals surface area (Å²) in [7, 11) is 0. The zero-order valence-corrected chi connectivity index (χ0v) is 25.9. The van der Waals surface area contributed by atoms with Crippen molar-refractivity contribution in [2.24, 2.45) is 5.41 Å². The number of aromatic nitrogens is 2. The van der Waals surface area contributed by atoms with E-state index in [0.717, 1.165) is 22.6 Å². The minimum atomic E-state index is -4.62. The molecule has 2 atom stereocenters. The summed E-state index contributed by atoms with van der Waals surface area (Å²) in [5.41, 5.74) is 2.33. The molecule has 0 bridgehead atoms. The Labute approximate surface area is 264 Å². The van der Waals surface area contributed by atoms with E-state index in [0.29, 0.717) is 59.0 Å². The molecule has 44 heavy (non-hydrogen) atoms. The fraction of sp³-hybridized carbons (Fsp3) is 0.467.